The van der Waals surface area contributed by atoms with Gasteiger partial charge in [-0.05, 0) is 79.9 Å². The maximum atomic E-state index is 14.0. The highest BCUT2D eigenvalue weighted by Gasteiger charge is 2.33. The normalized spacial score (nSPS) is 11.9. The molecule has 0 bridgehead atoms. The van der Waals surface area contributed by atoms with Crippen LogP contribution in [0.25, 0.3) is 0 Å². The molecule has 0 radical (unpaired) electrons. The third kappa shape index (κ3) is 7.52. The summed E-state index contributed by atoms with van der Waals surface area (Å²) in [4.78, 5) is 28.4. The molecule has 2 amide bonds. The van der Waals surface area contributed by atoms with Crippen LogP contribution in [0.15, 0.2) is 77.7 Å². The molecule has 0 aliphatic rings. The maximum absolute atomic E-state index is 14.0. The number of nitrogens with zero attached hydrogens (tertiary/aromatic N) is 2. The molecule has 1 unspecified atom stereocenters. The van der Waals surface area contributed by atoms with E-state index in [4.69, 9.17) is 16.3 Å². The van der Waals surface area contributed by atoms with E-state index in [1.807, 2.05) is 26.0 Å². The van der Waals surface area contributed by atoms with Gasteiger partial charge in [0.05, 0.1) is 17.7 Å². The first-order valence-electron chi connectivity index (χ1n) is 12.7. The number of aryl methyl sites for hydroxylation is 1. The highest BCUT2D eigenvalue weighted by atomic mass is 35.5. The number of amides is 2. The average Bonchev–Trinajstić information content (AvgIpc) is 2.92. The van der Waals surface area contributed by atoms with Gasteiger partial charge in [-0.15, -0.1) is 0 Å². The van der Waals surface area contributed by atoms with Crippen LogP contribution in [-0.2, 0) is 26.2 Å². The second-order valence-electron chi connectivity index (χ2n) is 9.00. The Labute approximate surface area is 235 Å². The number of carbonyl (C=O) groups excluding carboxylic acids is 2. The highest BCUT2D eigenvalue weighted by molar-refractivity contribution is 7.92. The molecule has 8 nitrogen and oxygen atoms in total. The maximum Gasteiger partial charge on any atom is 0.264 e. The summed E-state index contributed by atoms with van der Waals surface area (Å²) in [6, 6.07) is 19.1. The van der Waals surface area contributed by atoms with E-state index in [-0.39, 0.29) is 17.3 Å². The van der Waals surface area contributed by atoms with E-state index in [1.54, 1.807) is 50.4 Å². The lowest BCUT2D eigenvalue weighted by Gasteiger charge is -2.33. The van der Waals surface area contributed by atoms with Gasteiger partial charge in [0.2, 0.25) is 11.8 Å². The molecule has 0 spiro atoms. The predicted molar refractivity (Wildman–Crippen MR) is 153 cm³/mol. The molecule has 0 saturated carbocycles. The number of methoxy groups -OCH3 is 1. The van der Waals surface area contributed by atoms with Crippen LogP contribution in [0.5, 0.6) is 5.75 Å². The fraction of sp³-hybridized carbons (Fsp3) is 0.310. The number of hydrogen-bond donors (Lipinski definition) is 1. The first kappa shape index (κ1) is 30.0. The molecule has 0 aromatic heterocycles. The van der Waals surface area contributed by atoms with Crippen LogP contribution in [-0.4, -0.2) is 51.4 Å². The second-order valence-corrected chi connectivity index (χ2v) is 11.3. The van der Waals surface area contributed by atoms with Crippen molar-refractivity contribution >= 4 is 39.1 Å². The van der Waals surface area contributed by atoms with E-state index in [0.29, 0.717) is 29.4 Å². The van der Waals surface area contributed by atoms with E-state index in [0.717, 1.165) is 15.4 Å². The van der Waals surface area contributed by atoms with Crippen LogP contribution in [0, 0.1) is 6.92 Å². The molecule has 39 heavy (non-hydrogen) atoms. The Morgan fingerprint density at radius 1 is 1.00 bits per heavy atom. The first-order valence-corrected chi connectivity index (χ1v) is 14.5. The second kappa shape index (κ2) is 13.5. The zero-order chi connectivity index (χ0) is 28.6. The van der Waals surface area contributed by atoms with Crippen molar-refractivity contribution in [3.8, 4) is 5.75 Å². The van der Waals surface area contributed by atoms with Crippen molar-refractivity contribution in [2.75, 3.05) is 24.5 Å². The average molecular weight is 572 g/mol. The summed E-state index contributed by atoms with van der Waals surface area (Å²) in [7, 11) is -2.61. The highest BCUT2D eigenvalue weighted by Crippen LogP contribution is 2.26. The van der Waals surface area contributed by atoms with E-state index in [1.165, 1.54) is 29.2 Å². The molecule has 0 aliphatic carbocycles. The van der Waals surface area contributed by atoms with Gasteiger partial charge in [0.25, 0.3) is 10.0 Å². The monoisotopic (exact) mass is 571 g/mol. The van der Waals surface area contributed by atoms with Gasteiger partial charge in [-0.2, -0.15) is 0 Å². The van der Waals surface area contributed by atoms with Crippen molar-refractivity contribution in [3.05, 3.63) is 88.9 Å². The first-order chi connectivity index (χ1) is 18.6. The minimum Gasteiger partial charge on any atom is -0.497 e. The summed E-state index contributed by atoms with van der Waals surface area (Å²) < 4.78 is 34.1. The number of carbonyl (C=O) groups is 2. The molecule has 10 heteroatoms. The number of benzene rings is 3. The van der Waals surface area contributed by atoms with Gasteiger partial charge in [-0.1, -0.05) is 42.8 Å². The molecular weight excluding hydrogens is 538 g/mol. The fourth-order valence-electron chi connectivity index (χ4n) is 4.22. The van der Waals surface area contributed by atoms with E-state index in [2.05, 4.69) is 5.32 Å². The van der Waals surface area contributed by atoms with E-state index in [9.17, 15) is 18.0 Å². The standard InChI is InChI=1S/C29H34ClN3O5S/c1-5-27(29(35)31-6-2)32(19-22-10-8-12-25(18-22)38-4)28(34)20-33(24-11-7-9-21(3)17-24)39(36,37)26-15-13-23(30)14-16-26/h7-18,27H,5-6,19-20H2,1-4H3,(H,31,35). The van der Waals surface area contributed by atoms with Crippen LogP contribution < -0.4 is 14.4 Å². The topological polar surface area (TPSA) is 96.0 Å². The number of likely N-dealkylation sites (N-methyl/N-ethyl adjacent to an activating group) is 1. The summed E-state index contributed by atoms with van der Waals surface area (Å²) in [6.07, 6.45) is 0.343. The smallest absolute Gasteiger partial charge is 0.264 e. The van der Waals surface area contributed by atoms with E-state index < -0.39 is 28.5 Å². The zero-order valence-corrected chi connectivity index (χ0v) is 24.1. The lowest BCUT2D eigenvalue weighted by Crippen LogP contribution is -2.52. The molecule has 1 N–H and O–H groups in total. The molecule has 3 aromatic rings. The Bertz CT molecular complexity index is 1400. The van der Waals surface area contributed by atoms with Crippen molar-refractivity contribution in [2.45, 2.75) is 44.7 Å². The van der Waals surface area contributed by atoms with Gasteiger partial charge in [0.15, 0.2) is 0 Å². The molecule has 0 aliphatic heterocycles. The van der Waals surface area contributed by atoms with Gasteiger partial charge in [0.1, 0.15) is 18.3 Å². The number of anilines is 1. The third-order valence-electron chi connectivity index (χ3n) is 6.19. The van der Waals surface area contributed by atoms with Crippen molar-refractivity contribution in [3.63, 3.8) is 0 Å². The number of nitrogens with one attached hydrogen (secondary N) is 1. The largest absolute Gasteiger partial charge is 0.497 e. The van der Waals surface area contributed by atoms with Crippen molar-refractivity contribution in [1.29, 1.82) is 0 Å². The molecule has 1 atom stereocenters. The van der Waals surface area contributed by atoms with Crippen LogP contribution >= 0.6 is 11.6 Å². The molecule has 208 valence electrons. The fourth-order valence-corrected chi connectivity index (χ4v) is 5.76. The number of rotatable bonds is 12. The Hall–Kier alpha value is -3.56. The molecule has 0 saturated heterocycles. The Balaban J connectivity index is 2.07. The summed E-state index contributed by atoms with van der Waals surface area (Å²) in [6.45, 7) is 5.45. The van der Waals surface area contributed by atoms with E-state index >= 15 is 0 Å². The third-order valence-corrected chi connectivity index (χ3v) is 8.23. The number of sulfonamides is 1. The molecular formula is C29H34ClN3O5S. The van der Waals surface area contributed by atoms with Gasteiger partial charge >= 0.3 is 0 Å². The van der Waals surface area contributed by atoms with Gasteiger partial charge in [0, 0.05) is 18.1 Å². The van der Waals surface area contributed by atoms with Crippen LogP contribution in [0.3, 0.4) is 0 Å². The van der Waals surface area contributed by atoms with Crippen molar-refractivity contribution < 1.29 is 22.7 Å². The summed E-state index contributed by atoms with van der Waals surface area (Å²) >= 11 is 5.99. The summed E-state index contributed by atoms with van der Waals surface area (Å²) in [5.74, 6) is -0.216. The molecule has 0 fully saturated rings. The minimum absolute atomic E-state index is 0.00341. The number of hydrogen-bond acceptors (Lipinski definition) is 5. The van der Waals surface area contributed by atoms with Gasteiger partial charge < -0.3 is 15.0 Å². The van der Waals surface area contributed by atoms with Crippen molar-refractivity contribution in [2.24, 2.45) is 0 Å². The van der Waals surface area contributed by atoms with Crippen LogP contribution in [0.4, 0.5) is 5.69 Å². The van der Waals surface area contributed by atoms with Gasteiger partial charge in [-0.25, -0.2) is 8.42 Å². The van der Waals surface area contributed by atoms with Crippen LogP contribution in [0.2, 0.25) is 5.02 Å². The molecule has 3 rings (SSSR count). The lowest BCUT2D eigenvalue weighted by molar-refractivity contribution is -0.140. The Kier molecular flexibility index (Phi) is 10.4. The summed E-state index contributed by atoms with van der Waals surface area (Å²) in [5, 5.41) is 3.19. The number of halogens is 1. The van der Waals surface area contributed by atoms with Crippen molar-refractivity contribution in [1.82, 2.24) is 10.2 Å². The molecule has 3 aromatic carbocycles. The Morgan fingerprint density at radius 3 is 2.31 bits per heavy atom. The molecule has 0 heterocycles. The van der Waals surface area contributed by atoms with Gasteiger partial charge in [-0.3, -0.25) is 13.9 Å². The SMILES string of the molecule is CCNC(=O)C(CC)N(Cc1cccc(OC)c1)C(=O)CN(c1cccc(C)c1)S(=O)(=O)c1ccc(Cl)cc1. The number of ether oxygens (including phenoxy) is 1. The Morgan fingerprint density at radius 2 is 1.69 bits per heavy atom. The quantitative estimate of drug-likeness (QED) is 0.337. The lowest BCUT2D eigenvalue weighted by atomic mass is 10.1. The summed E-state index contributed by atoms with van der Waals surface area (Å²) in [5.41, 5.74) is 1.91. The predicted octanol–water partition coefficient (Wildman–Crippen LogP) is 4.80. The minimum atomic E-state index is -4.16. The zero-order valence-electron chi connectivity index (χ0n) is 22.6. The van der Waals surface area contributed by atoms with Crippen LogP contribution in [0.1, 0.15) is 31.4 Å².